The summed E-state index contributed by atoms with van der Waals surface area (Å²) in [7, 11) is 1.94. The first kappa shape index (κ1) is 11.3. The van der Waals surface area contributed by atoms with Gasteiger partial charge in [-0.1, -0.05) is 6.92 Å². The molecule has 5 heteroatoms. The molecule has 2 heterocycles. The highest BCUT2D eigenvalue weighted by Crippen LogP contribution is 2.11. The van der Waals surface area contributed by atoms with Crippen LogP contribution in [0.25, 0.3) is 0 Å². The SMILES string of the molecule is CCc1nccn1Cc1csc(CNC)n1. The van der Waals surface area contributed by atoms with Gasteiger partial charge in [-0.05, 0) is 7.05 Å². The van der Waals surface area contributed by atoms with Gasteiger partial charge in [0.05, 0.1) is 12.2 Å². The lowest BCUT2D eigenvalue weighted by Crippen LogP contribution is -2.06. The lowest BCUT2D eigenvalue weighted by Gasteiger charge is -2.03. The van der Waals surface area contributed by atoms with Crippen molar-refractivity contribution in [3.63, 3.8) is 0 Å². The minimum Gasteiger partial charge on any atom is -0.329 e. The number of thiazole rings is 1. The second-order valence-corrected chi connectivity index (χ2v) is 4.53. The van der Waals surface area contributed by atoms with Crippen LogP contribution in [0.2, 0.25) is 0 Å². The predicted molar refractivity (Wildman–Crippen MR) is 65.6 cm³/mol. The molecule has 86 valence electrons. The van der Waals surface area contributed by atoms with Crippen molar-refractivity contribution in [3.05, 3.63) is 34.3 Å². The van der Waals surface area contributed by atoms with E-state index in [1.165, 1.54) is 0 Å². The van der Waals surface area contributed by atoms with Gasteiger partial charge in [-0.3, -0.25) is 0 Å². The maximum Gasteiger partial charge on any atom is 0.108 e. The van der Waals surface area contributed by atoms with Gasteiger partial charge in [0, 0.05) is 30.7 Å². The number of imidazole rings is 1. The normalized spacial score (nSPS) is 10.9. The molecule has 0 atom stereocenters. The van der Waals surface area contributed by atoms with Gasteiger partial charge in [0.2, 0.25) is 0 Å². The summed E-state index contributed by atoms with van der Waals surface area (Å²) < 4.78 is 2.15. The smallest absolute Gasteiger partial charge is 0.108 e. The molecule has 2 aromatic heterocycles. The zero-order valence-corrected chi connectivity index (χ0v) is 10.4. The van der Waals surface area contributed by atoms with Crippen molar-refractivity contribution in [3.8, 4) is 0 Å². The Labute approximate surface area is 99.4 Å². The standard InChI is InChI=1S/C11H16N4S/c1-3-10-13-4-5-15(10)7-9-8-16-11(14-9)6-12-2/h4-5,8,12H,3,6-7H2,1-2H3. The van der Waals surface area contributed by atoms with Crippen LogP contribution in [0, 0.1) is 0 Å². The van der Waals surface area contributed by atoms with Crippen LogP contribution in [0.3, 0.4) is 0 Å². The fourth-order valence-electron chi connectivity index (χ4n) is 1.63. The molecule has 0 aliphatic carbocycles. The number of aromatic nitrogens is 3. The summed E-state index contributed by atoms with van der Waals surface area (Å²) in [6.45, 7) is 3.78. The Morgan fingerprint density at radius 2 is 2.38 bits per heavy atom. The van der Waals surface area contributed by atoms with Crippen molar-refractivity contribution in [1.82, 2.24) is 19.9 Å². The maximum absolute atomic E-state index is 4.56. The number of hydrogen-bond acceptors (Lipinski definition) is 4. The van der Waals surface area contributed by atoms with E-state index in [1.54, 1.807) is 11.3 Å². The third kappa shape index (κ3) is 2.48. The molecule has 2 rings (SSSR count). The van der Waals surface area contributed by atoms with Crippen molar-refractivity contribution in [2.75, 3.05) is 7.05 Å². The first-order chi connectivity index (χ1) is 7.83. The van der Waals surface area contributed by atoms with Gasteiger partial charge in [0.1, 0.15) is 10.8 Å². The molecule has 0 fully saturated rings. The van der Waals surface area contributed by atoms with Gasteiger partial charge >= 0.3 is 0 Å². The van der Waals surface area contributed by atoms with E-state index in [9.17, 15) is 0 Å². The molecular formula is C11H16N4S. The van der Waals surface area contributed by atoms with Gasteiger partial charge < -0.3 is 9.88 Å². The molecule has 0 radical (unpaired) electrons. The van der Waals surface area contributed by atoms with Crippen LogP contribution in [-0.2, 0) is 19.5 Å². The zero-order chi connectivity index (χ0) is 11.4. The van der Waals surface area contributed by atoms with Crippen LogP contribution >= 0.6 is 11.3 Å². The second-order valence-electron chi connectivity index (χ2n) is 3.59. The highest BCUT2D eigenvalue weighted by Gasteiger charge is 2.04. The Hall–Kier alpha value is -1.20. The maximum atomic E-state index is 4.56. The molecule has 2 aromatic rings. The Bertz CT molecular complexity index is 446. The number of nitrogens with zero attached hydrogens (tertiary/aromatic N) is 3. The van der Waals surface area contributed by atoms with Gasteiger partial charge in [-0.2, -0.15) is 0 Å². The summed E-state index contributed by atoms with van der Waals surface area (Å²) in [6.07, 6.45) is 4.82. The van der Waals surface area contributed by atoms with Crippen molar-refractivity contribution in [2.45, 2.75) is 26.4 Å². The first-order valence-electron chi connectivity index (χ1n) is 5.41. The van der Waals surface area contributed by atoms with E-state index in [0.717, 1.165) is 36.0 Å². The van der Waals surface area contributed by atoms with E-state index in [1.807, 2.05) is 19.4 Å². The topological polar surface area (TPSA) is 42.7 Å². The van der Waals surface area contributed by atoms with Crippen molar-refractivity contribution >= 4 is 11.3 Å². The van der Waals surface area contributed by atoms with E-state index < -0.39 is 0 Å². The molecule has 0 aliphatic heterocycles. The van der Waals surface area contributed by atoms with Gasteiger partial charge in [0.25, 0.3) is 0 Å². The van der Waals surface area contributed by atoms with Crippen LogP contribution in [0.4, 0.5) is 0 Å². The fourth-order valence-corrected chi connectivity index (χ4v) is 2.42. The van der Waals surface area contributed by atoms with Crippen molar-refractivity contribution < 1.29 is 0 Å². The van der Waals surface area contributed by atoms with Crippen molar-refractivity contribution in [1.29, 1.82) is 0 Å². The van der Waals surface area contributed by atoms with Crippen LogP contribution < -0.4 is 5.32 Å². The molecule has 0 aromatic carbocycles. The fraction of sp³-hybridized carbons (Fsp3) is 0.455. The van der Waals surface area contributed by atoms with Crippen LogP contribution in [0.15, 0.2) is 17.8 Å². The highest BCUT2D eigenvalue weighted by atomic mass is 32.1. The Kier molecular flexibility index (Phi) is 3.69. The summed E-state index contributed by atoms with van der Waals surface area (Å²) in [5, 5.41) is 6.36. The minimum absolute atomic E-state index is 0.823. The molecule has 0 unspecified atom stereocenters. The number of nitrogens with one attached hydrogen (secondary N) is 1. The Morgan fingerprint density at radius 1 is 1.50 bits per heavy atom. The Balaban J connectivity index is 2.08. The quantitative estimate of drug-likeness (QED) is 0.858. The molecule has 1 N–H and O–H groups in total. The van der Waals surface area contributed by atoms with E-state index >= 15 is 0 Å². The van der Waals surface area contributed by atoms with Gasteiger partial charge in [-0.15, -0.1) is 11.3 Å². The molecule has 0 saturated carbocycles. The zero-order valence-electron chi connectivity index (χ0n) is 9.60. The van der Waals surface area contributed by atoms with E-state index in [0.29, 0.717) is 0 Å². The minimum atomic E-state index is 0.823. The average molecular weight is 236 g/mol. The molecule has 0 spiro atoms. The Morgan fingerprint density at radius 3 is 3.12 bits per heavy atom. The molecule has 0 bridgehead atoms. The molecular weight excluding hydrogens is 220 g/mol. The highest BCUT2D eigenvalue weighted by molar-refractivity contribution is 7.09. The average Bonchev–Trinajstić information content (AvgIpc) is 2.89. The molecule has 16 heavy (non-hydrogen) atoms. The number of rotatable bonds is 5. The lowest BCUT2D eigenvalue weighted by molar-refractivity contribution is 0.713. The summed E-state index contributed by atoms with van der Waals surface area (Å²) in [4.78, 5) is 8.86. The summed E-state index contributed by atoms with van der Waals surface area (Å²) in [5.74, 6) is 1.11. The van der Waals surface area contributed by atoms with E-state index in [4.69, 9.17) is 0 Å². The summed E-state index contributed by atoms with van der Waals surface area (Å²) >= 11 is 1.70. The van der Waals surface area contributed by atoms with Gasteiger partial charge in [0.15, 0.2) is 0 Å². The van der Waals surface area contributed by atoms with Crippen LogP contribution in [0.1, 0.15) is 23.4 Å². The molecule has 4 nitrogen and oxygen atoms in total. The van der Waals surface area contributed by atoms with Crippen molar-refractivity contribution in [2.24, 2.45) is 0 Å². The predicted octanol–water partition coefficient (Wildman–Crippen LogP) is 1.67. The third-order valence-corrected chi connectivity index (χ3v) is 3.28. The number of aryl methyl sites for hydroxylation is 1. The largest absolute Gasteiger partial charge is 0.329 e. The summed E-state index contributed by atoms with van der Waals surface area (Å²) in [5.41, 5.74) is 1.11. The molecule has 0 amide bonds. The van der Waals surface area contributed by atoms with Gasteiger partial charge in [-0.25, -0.2) is 9.97 Å². The molecule has 0 aliphatic rings. The van der Waals surface area contributed by atoms with E-state index in [2.05, 4.69) is 32.2 Å². The first-order valence-corrected chi connectivity index (χ1v) is 6.29. The number of hydrogen-bond donors (Lipinski definition) is 1. The van der Waals surface area contributed by atoms with Crippen LogP contribution in [0.5, 0.6) is 0 Å². The van der Waals surface area contributed by atoms with E-state index in [-0.39, 0.29) is 0 Å². The third-order valence-electron chi connectivity index (χ3n) is 2.38. The lowest BCUT2D eigenvalue weighted by atomic mass is 10.4. The van der Waals surface area contributed by atoms with Crippen LogP contribution in [-0.4, -0.2) is 21.6 Å². The molecule has 0 saturated heterocycles. The monoisotopic (exact) mass is 236 g/mol. The summed E-state index contributed by atoms with van der Waals surface area (Å²) in [6, 6.07) is 0. The second kappa shape index (κ2) is 5.23.